The number of carbonyl (C=O) groups excluding carboxylic acids is 1. The fourth-order valence-electron chi connectivity index (χ4n) is 2.51. The largest absolute Gasteiger partial charge is 0.469 e. The predicted molar refractivity (Wildman–Crippen MR) is 100 cm³/mol. The van der Waals surface area contributed by atoms with Crippen molar-refractivity contribution in [1.82, 2.24) is 14.8 Å². The van der Waals surface area contributed by atoms with Crippen LogP contribution in [0.2, 0.25) is 0 Å². The summed E-state index contributed by atoms with van der Waals surface area (Å²) in [4.78, 5) is 11.5. The number of allylic oxidation sites excluding steroid dienone is 1. The number of hydrogen-bond donors (Lipinski definition) is 0. The van der Waals surface area contributed by atoms with Crippen LogP contribution >= 0.6 is 11.8 Å². The third kappa shape index (κ3) is 3.72. The molecule has 0 unspecified atom stereocenters. The number of benzene rings is 1. The number of aryl methyl sites for hydroxylation is 1. The highest BCUT2D eigenvalue weighted by Gasteiger charge is 2.16. The predicted octanol–water partition coefficient (Wildman–Crippen LogP) is 4.11. The third-order valence-corrected chi connectivity index (χ3v) is 4.91. The molecule has 0 aliphatic heterocycles. The molecule has 0 fully saturated rings. The highest BCUT2D eigenvalue weighted by Crippen LogP contribution is 2.28. The van der Waals surface area contributed by atoms with Crippen molar-refractivity contribution in [2.45, 2.75) is 24.4 Å². The number of carbonyl (C=O) groups is 1. The molecule has 0 radical (unpaired) electrons. The van der Waals surface area contributed by atoms with Gasteiger partial charge in [-0.25, -0.2) is 4.79 Å². The lowest BCUT2D eigenvalue weighted by molar-refractivity contribution is 0.0600. The van der Waals surface area contributed by atoms with Gasteiger partial charge in [0.25, 0.3) is 0 Å². The topological polar surface area (TPSA) is 70.2 Å². The van der Waals surface area contributed by atoms with Gasteiger partial charge in [0.15, 0.2) is 11.0 Å². The van der Waals surface area contributed by atoms with Crippen molar-refractivity contribution in [2.75, 3.05) is 7.11 Å². The molecule has 0 saturated heterocycles. The Hall–Kier alpha value is -2.80. The first kappa shape index (κ1) is 18.0. The highest BCUT2D eigenvalue weighted by molar-refractivity contribution is 7.98. The first-order chi connectivity index (χ1) is 12.6. The average Bonchev–Trinajstić information content (AvgIpc) is 3.26. The fourth-order valence-corrected chi connectivity index (χ4v) is 3.41. The highest BCUT2D eigenvalue weighted by atomic mass is 32.2. The Bertz CT molecular complexity index is 913. The van der Waals surface area contributed by atoms with Crippen LogP contribution in [-0.2, 0) is 17.0 Å². The van der Waals surface area contributed by atoms with E-state index in [-0.39, 0.29) is 5.97 Å². The zero-order valence-corrected chi connectivity index (χ0v) is 15.5. The van der Waals surface area contributed by atoms with E-state index in [4.69, 9.17) is 9.15 Å². The molecule has 0 N–H and O–H groups in total. The van der Waals surface area contributed by atoms with Gasteiger partial charge in [0.2, 0.25) is 0 Å². The molecule has 26 heavy (non-hydrogen) atoms. The normalized spacial score (nSPS) is 10.7. The minimum absolute atomic E-state index is 0.338. The van der Waals surface area contributed by atoms with Crippen LogP contribution < -0.4 is 0 Å². The van der Waals surface area contributed by atoms with Crippen molar-refractivity contribution in [1.29, 1.82) is 0 Å². The minimum Gasteiger partial charge on any atom is -0.469 e. The number of thioether (sulfide) groups is 1. The van der Waals surface area contributed by atoms with E-state index in [0.29, 0.717) is 17.9 Å². The van der Waals surface area contributed by atoms with E-state index < -0.39 is 0 Å². The van der Waals surface area contributed by atoms with Crippen LogP contribution in [0.25, 0.3) is 11.4 Å². The maximum Gasteiger partial charge on any atom is 0.337 e. The van der Waals surface area contributed by atoms with Gasteiger partial charge in [-0.3, -0.25) is 4.57 Å². The molecule has 2 aromatic heterocycles. The van der Waals surface area contributed by atoms with Crippen LogP contribution in [0.1, 0.15) is 21.7 Å². The SMILES string of the molecule is C=CCn1c(SCc2ccc(C(=O)OC)cc2)nnc1-c1ccoc1C. The molecule has 6 nitrogen and oxygen atoms in total. The van der Waals surface area contributed by atoms with Crippen LogP contribution in [-0.4, -0.2) is 27.8 Å². The summed E-state index contributed by atoms with van der Waals surface area (Å²) < 4.78 is 12.1. The lowest BCUT2D eigenvalue weighted by atomic mass is 10.1. The van der Waals surface area contributed by atoms with E-state index >= 15 is 0 Å². The number of furan rings is 1. The second kappa shape index (κ2) is 8.05. The summed E-state index contributed by atoms with van der Waals surface area (Å²) >= 11 is 1.58. The smallest absolute Gasteiger partial charge is 0.337 e. The van der Waals surface area contributed by atoms with Gasteiger partial charge in [0, 0.05) is 12.3 Å². The first-order valence-corrected chi connectivity index (χ1v) is 9.01. The summed E-state index contributed by atoms with van der Waals surface area (Å²) in [7, 11) is 1.37. The summed E-state index contributed by atoms with van der Waals surface area (Å²) in [5.74, 6) is 1.94. The van der Waals surface area contributed by atoms with Crippen LogP contribution in [0, 0.1) is 6.92 Å². The summed E-state index contributed by atoms with van der Waals surface area (Å²) in [6.45, 7) is 6.33. The van der Waals surface area contributed by atoms with Crippen molar-refractivity contribution >= 4 is 17.7 Å². The molecule has 2 heterocycles. The van der Waals surface area contributed by atoms with Crippen molar-refractivity contribution in [2.24, 2.45) is 0 Å². The van der Waals surface area contributed by atoms with Gasteiger partial charge in [-0.1, -0.05) is 30.0 Å². The second-order valence-electron chi connectivity index (χ2n) is 5.57. The Morgan fingerprint density at radius 2 is 2.08 bits per heavy atom. The molecule has 7 heteroatoms. The Morgan fingerprint density at radius 1 is 1.31 bits per heavy atom. The molecule has 134 valence electrons. The molecule has 0 aliphatic rings. The average molecular weight is 369 g/mol. The Morgan fingerprint density at radius 3 is 2.69 bits per heavy atom. The molecular formula is C19H19N3O3S. The number of hydrogen-bond acceptors (Lipinski definition) is 6. The van der Waals surface area contributed by atoms with Gasteiger partial charge in [-0.05, 0) is 30.7 Å². The van der Waals surface area contributed by atoms with E-state index in [2.05, 4.69) is 16.8 Å². The van der Waals surface area contributed by atoms with Crippen LogP contribution in [0.4, 0.5) is 0 Å². The molecule has 0 bridgehead atoms. The fraction of sp³-hybridized carbons (Fsp3) is 0.211. The number of nitrogens with zero attached hydrogens (tertiary/aromatic N) is 3. The number of esters is 1. The monoisotopic (exact) mass is 369 g/mol. The van der Waals surface area contributed by atoms with Crippen molar-refractivity contribution in [3.63, 3.8) is 0 Å². The molecule has 0 saturated carbocycles. The van der Waals surface area contributed by atoms with Crippen LogP contribution in [0.5, 0.6) is 0 Å². The maximum atomic E-state index is 11.5. The van der Waals surface area contributed by atoms with Gasteiger partial charge in [-0.15, -0.1) is 16.8 Å². The first-order valence-electron chi connectivity index (χ1n) is 8.02. The molecule has 3 aromatic rings. The number of aromatic nitrogens is 3. The number of rotatable bonds is 7. The maximum absolute atomic E-state index is 11.5. The summed E-state index contributed by atoms with van der Waals surface area (Å²) in [5.41, 5.74) is 2.54. The quantitative estimate of drug-likeness (QED) is 0.355. The standard InChI is InChI=1S/C19H19N3O3S/c1-4-10-22-17(16-9-11-25-13(16)2)20-21-19(22)26-12-14-5-7-15(8-6-14)18(23)24-3/h4-9,11H,1,10,12H2,2-3H3. The Kier molecular flexibility index (Phi) is 5.58. The van der Waals surface area contributed by atoms with E-state index in [0.717, 1.165) is 27.9 Å². The van der Waals surface area contributed by atoms with Crippen molar-refractivity contribution in [3.8, 4) is 11.4 Å². The lowest BCUT2D eigenvalue weighted by Crippen LogP contribution is -2.01. The van der Waals surface area contributed by atoms with E-state index in [9.17, 15) is 4.79 Å². The van der Waals surface area contributed by atoms with Gasteiger partial charge >= 0.3 is 5.97 Å². The molecule has 0 amide bonds. The zero-order chi connectivity index (χ0) is 18.5. The number of ether oxygens (including phenoxy) is 1. The zero-order valence-electron chi connectivity index (χ0n) is 14.6. The van der Waals surface area contributed by atoms with Crippen molar-refractivity contribution in [3.05, 3.63) is 66.1 Å². The van der Waals surface area contributed by atoms with Crippen LogP contribution in [0.3, 0.4) is 0 Å². The van der Waals surface area contributed by atoms with Gasteiger partial charge in [0.05, 0.1) is 24.5 Å². The Balaban J connectivity index is 1.78. The molecule has 0 atom stereocenters. The van der Waals surface area contributed by atoms with Crippen LogP contribution in [0.15, 0.2) is 58.8 Å². The molecule has 0 aliphatic carbocycles. The van der Waals surface area contributed by atoms with E-state index in [1.807, 2.05) is 35.8 Å². The molecule has 3 rings (SSSR count). The summed E-state index contributed by atoms with van der Waals surface area (Å²) in [6.07, 6.45) is 3.46. The van der Waals surface area contributed by atoms with Gasteiger partial charge in [-0.2, -0.15) is 0 Å². The molecular weight excluding hydrogens is 350 g/mol. The minimum atomic E-state index is -0.338. The molecule has 0 spiro atoms. The summed E-state index contributed by atoms with van der Waals surface area (Å²) in [5, 5.41) is 9.44. The Labute approximate surface area is 155 Å². The van der Waals surface area contributed by atoms with Gasteiger partial charge < -0.3 is 9.15 Å². The van der Waals surface area contributed by atoms with E-state index in [1.165, 1.54) is 7.11 Å². The lowest BCUT2D eigenvalue weighted by Gasteiger charge is -2.07. The second-order valence-corrected chi connectivity index (χ2v) is 6.52. The molecule has 1 aromatic carbocycles. The van der Waals surface area contributed by atoms with E-state index in [1.54, 1.807) is 30.2 Å². The van der Waals surface area contributed by atoms with Gasteiger partial charge in [0.1, 0.15) is 5.76 Å². The van der Waals surface area contributed by atoms with Crippen molar-refractivity contribution < 1.29 is 13.9 Å². The third-order valence-electron chi connectivity index (χ3n) is 3.87. The summed E-state index contributed by atoms with van der Waals surface area (Å²) in [6, 6.07) is 9.23. The number of methoxy groups -OCH3 is 1.